The first-order valence-electron chi connectivity index (χ1n) is 7.65. The van der Waals surface area contributed by atoms with Crippen molar-refractivity contribution in [3.05, 3.63) is 46.4 Å². The molecule has 1 heterocycles. The van der Waals surface area contributed by atoms with E-state index in [1.807, 2.05) is 18.2 Å². The fourth-order valence-corrected chi connectivity index (χ4v) is 3.51. The van der Waals surface area contributed by atoms with Gasteiger partial charge in [0.05, 0.1) is 21.3 Å². The zero-order chi connectivity index (χ0) is 18.5. The Balaban J connectivity index is 1.81. The fourth-order valence-electron chi connectivity index (χ4n) is 2.36. The van der Waals surface area contributed by atoms with Crippen molar-refractivity contribution in [2.45, 2.75) is 11.0 Å². The summed E-state index contributed by atoms with van der Waals surface area (Å²) in [6, 6.07) is 11.6. The fraction of sp³-hybridized carbons (Fsp3) is 0.222. The normalized spacial score (nSPS) is 10.6. The molecule has 0 aliphatic heterocycles. The van der Waals surface area contributed by atoms with Crippen molar-refractivity contribution in [1.29, 1.82) is 0 Å². The zero-order valence-corrected chi connectivity index (χ0v) is 16.9. The first-order valence-corrected chi connectivity index (χ1v) is 9.43. The van der Waals surface area contributed by atoms with E-state index in [1.165, 1.54) is 11.8 Å². The number of hydrogen-bond donors (Lipinski definition) is 0. The summed E-state index contributed by atoms with van der Waals surface area (Å²) in [6.07, 6.45) is 0. The van der Waals surface area contributed by atoms with Crippen molar-refractivity contribution in [2.24, 2.45) is 0 Å². The molecule has 3 rings (SSSR count). The molecule has 0 radical (unpaired) electrons. The van der Waals surface area contributed by atoms with Crippen molar-refractivity contribution in [3.8, 4) is 28.7 Å². The van der Waals surface area contributed by atoms with Crippen LogP contribution >= 0.6 is 27.7 Å². The van der Waals surface area contributed by atoms with Crippen molar-refractivity contribution in [2.75, 3.05) is 21.3 Å². The van der Waals surface area contributed by atoms with E-state index in [-0.39, 0.29) is 0 Å². The molecule has 0 unspecified atom stereocenters. The molecule has 3 aromatic rings. The number of hydrogen-bond acceptors (Lipinski definition) is 7. The average molecular weight is 437 g/mol. The third-order valence-corrected chi connectivity index (χ3v) is 4.95. The number of methoxy groups -OCH3 is 3. The van der Waals surface area contributed by atoms with Gasteiger partial charge in [0.2, 0.25) is 11.6 Å². The highest BCUT2D eigenvalue weighted by atomic mass is 79.9. The Kier molecular flexibility index (Phi) is 6.05. The van der Waals surface area contributed by atoms with E-state index >= 15 is 0 Å². The number of benzene rings is 2. The van der Waals surface area contributed by atoms with Gasteiger partial charge in [0.25, 0.3) is 5.22 Å². The lowest BCUT2D eigenvalue weighted by molar-refractivity contribution is 0.324. The molecule has 136 valence electrons. The Labute approximate surface area is 164 Å². The number of ether oxygens (including phenoxy) is 3. The molecule has 0 saturated heterocycles. The summed E-state index contributed by atoms with van der Waals surface area (Å²) in [5, 5.41) is 8.72. The molecule has 0 fully saturated rings. The van der Waals surface area contributed by atoms with E-state index in [0.717, 1.165) is 15.8 Å². The lowest BCUT2D eigenvalue weighted by atomic mass is 10.2. The number of thioether (sulfide) groups is 1. The van der Waals surface area contributed by atoms with E-state index in [9.17, 15) is 0 Å². The lowest BCUT2D eigenvalue weighted by Crippen LogP contribution is -1.95. The smallest absolute Gasteiger partial charge is 0.277 e. The first kappa shape index (κ1) is 18.6. The molecule has 0 bridgehead atoms. The predicted molar refractivity (Wildman–Crippen MR) is 103 cm³/mol. The zero-order valence-electron chi connectivity index (χ0n) is 14.5. The van der Waals surface area contributed by atoms with Gasteiger partial charge in [-0.2, -0.15) is 0 Å². The standard InChI is InChI=1S/C18H17BrN2O4S/c1-22-14-8-12(9-15(23-2)16(14)24-3)17-20-21-18(25-17)26-10-11-5-4-6-13(19)7-11/h4-9H,10H2,1-3H3. The summed E-state index contributed by atoms with van der Waals surface area (Å²) >= 11 is 4.94. The summed E-state index contributed by atoms with van der Waals surface area (Å²) in [5.41, 5.74) is 1.86. The summed E-state index contributed by atoms with van der Waals surface area (Å²) in [4.78, 5) is 0. The van der Waals surface area contributed by atoms with Crippen LogP contribution in [0.1, 0.15) is 5.56 Å². The Morgan fingerprint density at radius 2 is 1.73 bits per heavy atom. The second kappa shape index (κ2) is 8.46. The van der Waals surface area contributed by atoms with Gasteiger partial charge in [-0.25, -0.2) is 0 Å². The lowest BCUT2D eigenvalue weighted by Gasteiger charge is -2.12. The topological polar surface area (TPSA) is 66.6 Å². The highest BCUT2D eigenvalue weighted by molar-refractivity contribution is 9.10. The van der Waals surface area contributed by atoms with Gasteiger partial charge < -0.3 is 18.6 Å². The van der Waals surface area contributed by atoms with Crippen LogP contribution in [0.15, 0.2) is 50.5 Å². The average Bonchev–Trinajstić information content (AvgIpc) is 3.14. The molecule has 1 aromatic heterocycles. The third kappa shape index (κ3) is 4.13. The minimum atomic E-state index is 0.390. The molecule has 0 amide bonds. The van der Waals surface area contributed by atoms with Gasteiger partial charge in [0.15, 0.2) is 11.5 Å². The molecule has 2 aromatic carbocycles. The van der Waals surface area contributed by atoms with E-state index in [2.05, 4.69) is 32.2 Å². The van der Waals surface area contributed by atoms with Crippen LogP contribution < -0.4 is 14.2 Å². The minimum Gasteiger partial charge on any atom is -0.493 e. The second-order valence-electron chi connectivity index (χ2n) is 5.21. The van der Waals surface area contributed by atoms with Gasteiger partial charge in [-0.15, -0.1) is 10.2 Å². The summed E-state index contributed by atoms with van der Waals surface area (Å²) in [7, 11) is 4.69. The molecular formula is C18H17BrN2O4S. The van der Waals surface area contributed by atoms with Crippen LogP contribution in [0.25, 0.3) is 11.5 Å². The number of nitrogens with zero attached hydrogens (tertiary/aromatic N) is 2. The van der Waals surface area contributed by atoms with Crippen LogP contribution in [-0.2, 0) is 5.75 Å². The van der Waals surface area contributed by atoms with E-state index in [0.29, 0.717) is 33.9 Å². The minimum absolute atomic E-state index is 0.390. The molecule has 0 aliphatic carbocycles. The Hall–Kier alpha value is -2.19. The van der Waals surface area contributed by atoms with Crippen LogP contribution in [-0.4, -0.2) is 31.5 Å². The van der Waals surface area contributed by atoms with Crippen molar-refractivity contribution in [3.63, 3.8) is 0 Å². The van der Waals surface area contributed by atoms with E-state index < -0.39 is 0 Å². The maximum atomic E-state index is 5.77. The number of aromatic nitrogens is 2. The number of halogens is 1. The summed E-state index contributed by atoms with van der Waals surface area (Å²) in [5.74, 6) is 2.70. The highest BCUT2D eigenvalue weighted by Gasteiger charge is 2.17. The molecular weight excluding hydrogens is 420 g/mol. The first-order chi connectivity index (χ1) is 12.6. The van der Waals surface area contributed by atoms with Crippen molar-refractivity contribution >= 4 is 27.7 Å². The SMILES string of the molecule is COc1cc(-c2nnc(SCc3cccc(Br)c3)o2)cc(OC)c1OC. The van der Waals surface area contributed by atoms with Crippen LogP contribution in [0, 0.1) is 0 Å². The largest absolute Gasteiger partial charge is 0.493 e. The van der Waals surface area contributed by atoms with Gasteiger partial charge in [-0.3, -0.25) is 0 Å². The quantitative estimate of drug-likeness (QED) is 0.491. The maximum absolute atomic E-state index is 5.77. The molecule has 0 atom stereocenters. The van der Waals surface area contributed by atoms with E-state index in [1.54, 1.807) is 33.5 Å². The molecule has 0 N–H and O–H groups in total. The monoisotopic (exact) mass is 436 g/mol. The predicted octanol–water partition coefficient (Wildman–Crippen LogP) is 4.82. The third-order valence-electron chi connectivity index (χ3n) is 3.57. The van der Waals surface area contributed by atoms with Gasteiger partial charge >= 0.3 is 0 Å². The maximum Gasteiger partial charge on any atom is 0.277 e. The number of rotatable bonds is 7. The molecule has 6 nitrogen and oxygen atoms in total. The Morgan fingerprint density at radius 1 is 1.00 bits per heavy atom. The van der Waals surface area contributed by atoms with Crippen LogP contribution in [0.5, 0.6) is 17.2 Å². The molecule has 0 spiro atoms. The van der Waals surface area contributed by atoms with Crippen molar-refractivity contribution in [1.82, 2.24) is 10.2 Å². The second-order valence-corrected chi connectivity index (χ2v) is 7.05. The van der Waals surface area contributed by atoms with Gasteiger partial charge in [0.1, 0.15) is 0 Å². The van der Waals surface area contributed by atoms with Crippen LogP contribution in [0.2, 0.25) is 0 Å². The molecule has 0 saturated carbocycles. The van der Waals surface area contributed by atoms with Gasteiger partial charge in [0, 0.05) is 15.8 Å². The molecule has 8 heteroatoms. The van der Waals surface area contributed by atoms with Gasteiger partial charge in [-0.1, -0.05) is 39.8 Å². The summed E-state index contributed by atoms with van der Waals surface area (Å²) in [6.45, 7) is 0. The van der Waals surface area contributed by atoms with Crippen LogP contribution in [0.3, 0.4) is 0 Å². The van der Waals surface area contributed by atoms with Crippen LogP contribution in [0.4, 0.5) is 0 Å². The van der Waals surface area contributed by atoms with E-state index in [4.69, 9.17) is 18.6 Å². The highest BCUT2D eigenvalue weighted by Crippen LogP contribution is 2.41. The Bertz CT molecular complexity index is 875. The molecule has 0 aliphatic rings. The van der Waals surface area contributed by atoms with Crippen molar-refractivity contribution < 1.29 is 18.6 Å². The Morgan fingerprint density at radius 3 is 2.35 bits per heavy atom. The molecule has 26 heavy (non-hydrogen) atoms. The van der Waals surface area contributed by atoms with Gasteiger partial charge in [-0.05, 0) is 29.8 Å². The summed E-state index contributed by atoms with van der Waals surface area (Å²) < 4.78 is 22.9.